The number of benzene rings is 1. The number of fused-ring (bicyclic) bond motifs is 3. The molecule has 0 aliphatic heterocycles. The van der Waals surface area contributed by atoms with Gasteiger partial charge in [-0.1, -0.05) is 12.1 Å². The average molecular weight is 378 g/mol. The van der Waals surface area contributed by atoms with E-state index in [4.69, 9.17) is 0 Å². The SMILES string of the molecule is N#CC(=Cc1cccc([N+](=O)[O-])c1)c1nc2sc3c(c2c(=O)[nH]1)CCCC3. The number of rotatable bonds is 3. The Labute approximate surface area is 157 Å². The topological polar surface area (TPSA) is 113 Å². The lowest BCUT2D eigenvalue weighted by atomic mass is 9.97. The molecule has 0 spiro atoms. The summed E-state index contributed by atoms with van der Waals surface area (Å²) < 4.78 is 0. The van der Waals surface area contributed by atoms with Gasteiger partial charge in [-0.3, -0.25) is 14.9 Å². The highest BCUT2D eigenvalue weighted by Gasteiger charge is 2.20. The number of non-ortho nitro benzene ring substituents is 1. The van der Waals surface area contributed by atoms with Gasteiger partial charge in [-0.15, -0.1) is 11.3 Å². The number of nitro benzene ring substituents is 1. The van der Waals surface area contributed by atoms with E-state index in [0.29, 0.717) is 15.8 Å². The van der Waals surface area contributed by atoms with E-state index in [0.717, 1.165) is 31.2 Å². The summed E-state index contributed by atoms with van der Waals surface area (Å²) in [5.41, 5.74) is 1.43. The standard InChI is InChI=1S/C19H14N4O3S/c20-10-12(8-11-4-3-5-13(9-11)23(25)26)17-21-18(24)16-14-6-1-2-7-15(14)27-19(16)22-17/h3-5,8-9H,1-2,6-7H2,(H,21,22,24). The molecule has 0 unspecified atom stereocenters. The van der Waals surface area contributed by atoms with Crippen molar-refractivity contribution in [3.05, 3.63) is 66.6 Å². The normalized spacial score (nSPS) is 14.0. The van der Waals surface area contributed by atoms with Gasteiger partial charge >= 0.3 is 0 Å². The van der Waals surface area contributed by atoms with E-state index in [1.54, 1.807) is 12.1 Å². The number of nitrogens with zero attached hydrogens (tertiary/aromatic N) is 3. The Hall–Kier alpha value is -3.31. The van der Waals surface area contributed by atoms with Crippen molar-refractivity contribution in [2.45, 2.75) is 25.7 Å². The first-order chi connectivity index (χ1) is 13.1. The molecule has 2 heterocycles. The molecular weight excluding hydrogens is 364 g/mol. The van der Waals surface area contributed by atoms with Gasteiger partial charge in [-0.05, 0) is 42.9 Å². The van der Waals surface area contributed by atoms with Gasteiger partial charge in [0.25, 0.3) is 11.2 Å². The fourth-order valence-corrected chi connectivity index (χ4v) is 4.60. The van der Waals surface area contributed by atoms with Crippen molar-refractivity contribution in [1.29, 1.82) is 5.26 Å². The summed E-state index contributed by atoms with van der Waals surface area (Å²) in [4.78, 5) is 32.1. The summed E-state index contributed by atoms with van der Waals surface area (Å²) in [6.45, 7) is 0. The Bertz CT molecular complexity index is 1200. The Morgan fingerprint density at radius 1 is 1.37 bits per heavy atom. The number of thiophene rings is 1. The number of aromatic nitrogens is 2. The number of nitriles is 1. The van der Waals surface area contributed by atoms with Crippen LogP contribution in [0.15, 0.2) is 29.1 Å². The van der Waals surface area contributed by atoms with E-state index in [2.05, 4.69) is 9.97 Å². The van der Waals surface area contributed by atoms with Crippen LogP contribution in [-0.2, 0) is 12.8 Å². The van der Waals surface area contributed by atoms with Crippen LogP contribution in [0.4, 0.5) is 5.69 Å². The van der Waals surface area contributed by atoms with E-state index in [9.17, 15) is 20.2 Å². The molecule has 0 amide bonds. The maximum Gasteiger partial charge on any atom is 0.270 e. The summed E-state index contributed by atoms with van der Waals surface area (Å²) in [7, 11) is 0. The number of aryl methyl sites for hydroxylation is 2. The van der Waals surface area contributed by atoms with E-state index in [1.807, 2.05) is 6.07 Å². The van der Waals surface area contributed by atoms with Crippen LogP contribution in [0.3, 0.4) is 0 Å². The molecule has 2 aromatic heterocycles. The summed E-state index contributed by atoms with van der Waals surface area (Å²) in [6, 6.07) is 7.99. The molecule has 1 aliphatic carbocycles. The second kappa shape index (κ2) is 6.78. The average Bonchev–Trinajstić information content (AvgIpc) is 3.05. The van der Waals surface area contributed by atoms with E-state index >= 15 is 0 Å². The predicted octanol–water partition coefficient (Wildman–Crippen LogP) is 3.84. The minimum absolute atomic E-state index is 0.0659. The van der Waals surface area contributed by atoms with Crippen molar-refractivity contribution in [3.63, 3.8) is 0 Å². The number of nitrogens with one attached hydrogen (secondary N) is 1. The van der Waals surface area contributed by atoms with Crippen LogP contribution in [0.1, 0.15) is 34.7 Å². The molecule has 7 nitrogen and oxygen atoms in total. The second-order valence-electron chi connectivity index (χ2n) is 6.33. The van der Waals surface area contributed by atoms with Crippen LogP contribution in [0.5, 0.6) is 0 Å². The molecule has 0 fully saturated rings. The van der Waals surface area contributed by atoms with E-state index in [-0.39, 0.29) is 22.6 Å². The first-order valence-electron chi connectivity index (χ1n) is 8.48. The zero-order valence-electron chi connectivity index (χ0n) is 14.2. The number of allylic oxidation sites excluding steroid dienone is 1. The smallest absolute Gasteiger partial charge is 0.270 e. The lowest BCUT2D eigenvalue weighted by Gasteiger charge is -2.09. The van der Waals surface area contributed by atoms with Crippen LogP contribution in [0.2, 0.25) is 0 Å². The summed E-state index contributed by atoms with van der Waals surface area (Å²) in [6.07, 6.45) is 5.51. The monoisotopic (exact) mass is 378 g/mol. The highest BCUT2D eigenvalue weighted by Crippen LogP contribution is 2.34. The summed E-state index contributed by atoms with van der Waals surface area (Å²) in [5, 5.41) is 21.1. The first-order valence-corrected chi connectivity index (χ1v) is 9.29. The van der Waals surface area contributed by atoms with Crippen molar-refractivity contribution in [1.82, 2.24) is 9.97 Å². The molecular formula is C19H14N4O3S. The van der Waals surface area contributed by atoms with Crippen LogP contribution in [0, 0.1) is 21.4 Å². The predicted molar refractivity (Wildman–Crippen MR) is 103 cm³/mol. The molecule has 8 heteroatoms. The molecule has 0 atom stereocenters. The largest absolute Gasteiger partial charge is 0.305 e. The number of nitro groups is 1. The van der Waals surface area contributed by atoms with Gasteiger partial charge in [0.1, 0.15) is 10.9 Å². The molecule has 27 heavy (non-hydrogen) atoms. The minimum atomic E-state index is -0.494. The third-order valence-corrected chi connectivity index (χ3v) is 5.78. The fraction of sp³-hybridized carbons (Fsp3) is 0.211. The van der Waals surface area contributed by atoms with Gasteiger partial charge in [-0.2, -0.15) is 5.26 Å². The second-order valence-corrected chi connectivity index (χ2v) is 7.41. The van der Waals surface area contributed by atoms with Crippen molar-refractivity contribution < 1.29 is 4.92 Å². The quantitative estimate of drug-likeness (QED) is 0.423. The van der Waals surface area contributed by atoms with Crippen LogP contribution in [-0.4, -0.2) is 14.9 Å². The van der Waals surface area contributed by atoms with Gasteiger partial charge in [0, 0.05) is 17.0 Å². The van der Waals surface area contributed by atoms with Gasteiger partial charge in [0.2, 0.25) is 0 Å². The van der Waals surface area contributed by atoms with E-state index < -0.39 is 4.92 Å². The molecule has 1 aromatic carbocycles. The molecule has 0 radical (unpaired) electrons. The molecule has 0 saturated carbocycles. The van der Waals surface area contributed by atoms with Gasteiger partial charge in [0.05, 0.1) is 15.9 Å². The maximum atomic E-state index is 12.6. The molecule has 4 rings (SSSR count). The number of aromatic amines is 1. The highest BCUT2D eigenvalue weighted by atomic mass is 32.1. The van der Waals surface area contributed by atoms with Crippen molar-refractivity contribution >= 4 is 38.9 Å². The van der Waals surface area contributed by atoms with Crippen molar-refractivity contribution in [2.75, 3.05) is 0 Å². The summed E-state index contributed by atoms with van der Waals surface area (Å²) >= 11 is 1.51. The zero-order valence-corrected chi connectivity index (χ0v) is 15.0. The third-order valence-electron chi connectivity index (χ3n) is 4.59. The molecule has 1 N–H and O–H groups in total. The molecule has 3 aromatic rings. The van der Waals surface area contributed by atoms with Crippen LogP contribution in [0.25, 0.3) is 21.9 Å². The zero-order chi connectivity index (χ0) is 19.0. The lowest BCUT2D eigenvalue weighted by Crippen LogP contribution is -2.12. The number of H-pyrrole nitrogens is 1. The highest BCUT2D eigenvalue weighted by molar-refractivity contribution is 7.18. The number of hydrogen-bond donors (Lipinski definition) is 1. The molecule has 0 bridgehead atoms. The fourth-order valence-electron chi connectivity index (χ4n) is 3.34. The minimum Gasteiger partial charge on any atom is -0.305 e. The van der Waals surface area contributed by atoms with Crippen LogP contribution < -0.4 is 5.56 Å². The molecule has 1 aliphatic rings. The summed E-state index contributed by atoms with van der Waals surface area (Å²) in [5.74, 6) is 0.181. The van der Waals surface area contributed by atoms with Crippen LogP contribution >= 0.6 is 11.3 Å². The first kappa shape index (κ1) is 17.1. The van der Waals surface area contributed by atoms with Crippen molar-refractivity contribution in [2.24, 2.45) is 0 Å². The third kappa shape index (κ3) is 3.13. The molecule has 0 saturated heterocycles. The Morgan fingerprint density at radius 3 is 2.96 bits per heavy atom. The van der Waals surface area contributed by atoms with Crippen molar-refractivity contribution in [3.8, 4) is 6.07 Å². The van der Waals surface area contributed by atoms with Gasteiger partial charge in [-0.25, -0.2) is 4.98 Å². The maximum absolute atomic E-state index is 12.6. The Balaban J connectivity index is 1.82. The Morgan fingerprint density at radius 2 is 2.19 bits per heavy atom. The van der Waals surface area contributed by atoms with Gasteiger partial charge < -0.3 is 4.98 Å². The molecule has 134 valence electrons. The van der Waals surface area contributed by atoms with E-state index in [1.165, 1.54) is 34.4 Å². The lowest BCUT2D eigenvalue weighted by molar-refractivity contribution is -0.384. The van der Waals surface area contributed by atoms with Gasteiger partial charge in [0.15, 0.2) is 5.82 Å². The Kier molecular flexibility index (Phi) is 4.30. The number of hydrogen-bond acceptors (Lipinski definition) is 6.